The lowest BCUT2D eigenvalue weighted by molar-refractivity contribution is -0.125. The molecule has 148 valence electrons. The van der Waals surface area contributed by atoms with Crippen molar-refractivity contribution < 1.29 is 18.7 Å². The average Bonchev–Trinajstić information content (AvgIpc) is 3.35. The fraction of sp³-hybridized carbons (Fsp3) is 0.333. The number of hydrogen-bond acceptors (Lipinski definition) is 5. The molecule has 0 aliphatic rings. The summed E-state index contributed by atoms with van der Waals surface area (Å²) in [5.41, 5.74) is 3.47. The van der Waals surface area contributed by atoms with Gasteiger partial charge in [0, 0.05) is 16.3 Å². The molecule has 1 atom stereocenters. The van der Waals surface area contributed by atoms with Crippen LogP contribution in [0.5, 0.6) is 0 Å². The zero-order valence-corrected chi connectivity index (χ0v) is 17.5. The topological polar surface area (TPSA) is 73.5 Å². The van der Waals surface area contributed by atoms with Crippen LogP contribution in [0, 0.1) is 27.7 Å². The highest BCUT2D eigenvalue weighted by atomic mass is 32.1. The van der Waals surface area contributed by atoms with Crippen LogP contribution in [0.15, 0.2) is 34.9 Å². The second-order valence-electron chi connectivity index (χ2n) is 6.80. The normalized spacial score (nSPS) is 12.0. The molecular weight excluding hydrogens is 376 g/mol. The average molecular weight is 401 g/mol. The number of aromatic nitrogens is 1. The molecule has 0 saturated heterocycles. The highest BCUT2D eigenvalue weighted by molar-refractivity contribution is 7.15. The minimum absolute atomic E-state index is 0.299. The summed E-state index contributed by atoms with van der Waals surface area (Å²) >= 11 is 1.55. The van der Waals surface area contributed by atoms with Crippen LogP contribution in [0.1, 0.15) is 50.9 Å². The van der Waals surface area contributed by atoms with Gasteiger partial charge >= 0.3 is 5.97 Å². The fourth-order valence-corrected chi connectivity index (χ4v) is 4.35. The van der Waals surface area contributed by atoms with Gasteiger partial charge in [-0.3, -0.25) is 4.79 Å². The standard InChI is InChI=1S/C21H24N2O4S/c1-12-8-9-13(2)23(12)20-19(14(3)16(5)28-20)21(25)27-11-18(24)22-15(4)17-7-6-10-26-17/h6-10,15H,11H2,1-5H3,(H,22,24)/t15-/m1/s1. The van der Waals surface area contributed by atoms with Gasteiger partial charge in [-0.1, -0.05) is 0 Å². The van der Waals surface area contributed by atoms with E-state index in [2.05, 4.69) is 5.32 Å². The lowest BCUT2D eigenvalue weighted by Crippen LogP contribution is -2.31. The Hall–Kier alpha value is -2.80. The summed E-state index contributed by atoms with van der Waals surface area (Å²) in [5, 5.41) is 3.58. The van der Waals surface area contributed by atoms with Crippen molar-refractivity contribution >= 4 is 23.2 Å². The van der Waals surface area contributed by atoms with E-state index in [-0.39, 0.29) is 18.6 Å². The lowest BCUT2D eigenvalue weighted by atomic mass is 10.1. The van der Waals surface area contributed by atoms with E-state index in [1.165, 1.54) is 0 Å². The molecule has 7 heteroatoms. The van der Waals surface area contributed by atoms with Crippen molar-refractivity contribution in [3.05, 3.63) is 63.7 Å². The fourth-order valence-electron chi connectivity index (χ4n) is 3.09. The first-order chi connectivity index (χ1) is 13.3. The summed E-state index contributed by atoms with van der Waals surface area (Å²) in [6.07, 6.45) is 1.55. The molecule has 0 bridgehead atoms. The molecule has 0 spiro atoms. The number of nitrogens with one attached hydrogen (secondary N) is 1. The third-order valence-corrected chi connectivity index (χ3v) is 5.92. The molecule has 0 fully saturated rings. The zero-order valence-electron chi connectivity index (χ0n) is 16.7. The summed E-state index contributed by atoms with van der Waals surface area (Å²) in [4.78, 5) is 26.0. The van der Waals surface area contributed by atoms with E-state index in [9.17, 15) is 9.59 Å². The van der Waals surface area contributed by atoms with E-state index < -0.39 is 5.97 Å². The van der Waals surface area contributed by atoms with Gasteiger partial charge in [-0.15, -0.1) is 11.3 Å². The largest absolute Gasteiger partial charge is 0.467 e. The summed E-state index contributed by atoms with van der Waals surface area (Å²) in [5.74, 6) is -0.230. The molecule has 0 aliphatic carbocycles. The van der Waals surface area contributed by atoms with Gasteiger partial charge in [0.05, 0.1) is 17.9 Å². The number of rotatable bonds is 6. The van der Waals surface area contributed by atoms with Crippen molar-refractivity contribution in [2.75, 3.05) is 6.61 Å². The predicted molar refractivity (Wildman–Crippen MR) is 108 cm³/mol. The molecule has 0 unspecified atom stereocenters. The number of esters is 1. The SMILES string of the molecule is Cc1sc(-n2c(C)ccc2C)c(C(=O)OCC(=O)N[C@H](C)c2ccco2)c1C. The molecule has 0 radical (unpaired) electrons. The Morgan fingerprint density at radius 2 is 1.86 bits per heavy atom. The first-order valence-electron chi connectivity index (χ1n) is 9.04. The second-order valence-corrected chi connectivity index (χ2v) is 8.00. The van der Waals surface area contributed by atoms with Crippen LogP contribution < -0.4 is 5.32 Å². The maximum atomic E-state index is 12.8. The smallest absolute Gasteiger partial charge is 0.341 e. The maximum absolute atomic E-state index is 12.8. The van der Waals surface area contributed by atoms with Crippen molar-refractivity contribution in [1.29, 1.82) is 0 Å². The number of nitrogens with zero attached hydrogens (tertiary/aromatic N) is 1. The molecule has 1 amide bonds. The molecule has 28 heavy (non-hydrogen) atoms. The molecule has 3 rings (SSSR count). The number of aryl methyl sites for hydroxylation is 3. The van der Waals surface area contributed by atoms with Crippen LogP contribution in [0.4, 0.5) is 0 Å². The minimum Gasteiger partial charge on any atom is -0.467 e. The number of carbonyl (C=O) groups excluding carboxylic acids is 2. The van der Waals surface area contributed by atoms with Crippen LogP contribution in [0.25, 0.3) is 5.00 Å². The summed E-state index contributed by atoms with van der Waals surface area (Å²) < 4.78 is 12.6. The van der Waals surface area contributed by atoms with E-state index in [1.807, 2.05) is 44.4 Å². The highest BCUT2D eigenvalue weighted by Crippen LogP contribution is 2.33. The Morgan fingerprint density at radius 1 is 1.18 bits per heavy atom. The van der Waals surface area contributed by atoms with Gasteiger partial charge in [-0.05, 0) is 64.4 Å². The maximum Gasteiger partial charge on any atom is 0.341 e. The number of ether oxygens (including phenoxy) is 1. The van der Waals surface area contributed by atoms with Crippen molar-refractivity contribution in [3.63, 3.8) is 0 Å². The van der Waals surface area contributed by atoms with E-state index in [1.54, 1.807) is 36.7 Å². The molecule has 3 heterocycles. The third-order valence-electron chi connectivity index (χ3n) is 4.73. The summed E-state index contributed by atoms with van der Waals surface area (Å²) in [7, 11) is 0. The van der Waals surface area contributed by atoms with E-state index in [0.717, 1.165) is 26.8 Å². The van der Waals surface area contributed by atoms with Gasteiger partial charge in [-0.2, -0.15) is 0 Å². The van der Waals surface area contributed by atoms with Gasteiger partial charge in [0.2, 0.25) is 0 Å². The molecule has 3 aromatic heterocycles. The Kier molecular flexibility index (Phi) is 5.74. The molecule has 6 nitrogen and oxygen atoms in total. The van der Waals surface area contributed by atoms with Gasteiger partial charge in [0.25, 0.3) is 5.91 Å². The Bertz CT molecular complexity index is 979. The van der Waals surface area contributed by atoms with Gasteiger partial charge < -0.3 is 19.0 Å². The Balaban J connectivity index is 1.74. The lowest BCUT2D eigenvalue weighted by Gasteiger charge is -2.13. The van der Waals surface area contributed by atoms with Crippen molar-refractivity contribution in [1.82, 2.24) is 9.88 Å². The number of hydrogen-bond donors (Lipinski definition) is 1. The number of amides is 1. The van der Waals surface area contributed by atoms with Crippen LogP contribution in [-0.4, -0.2) is 23.1 Å². The number of furan rings is 1. The van der Waals surface area contributed by atoms with Gasteiger partial charge in [-0.25, -0.2) is 4.79 Å². The molecule has 1 N–H and O–H groups in total. The van der Waals surface area contributed by atoms with Crippen molar-refractivity contribution in [2.45, 2.75) is 40.7 Å². The van der Waals surface area contributed by atoms with Crippen molar-refractivity contribution in [2.24, 2.45) is 0 Å². The predicted octanol–water partition coefficient (Wildman–Crippen LogP) is 4.40. The van der Waals surface area contributed by atoms with E-state index >= 15 is 0 Å². The zero-order chi connectivity index (χ0) is 20.4. The summed E-state index contributed by atoms with van der Waals surface area (Å²) in [6.45, 7) is 9.33. The highest BCUT2D eigenvalue weighted by Gasteiger charge is 2.24. The van der Waals surface area contributed by atoms with Crippen LogP contribution >= 0.6 is 11.3 Å². The van der Waals surface area contributed by atoms with E-state index in [4.69, 9.17) is 9.15 Å². The van der Waals surface area contributed by atoms with Crippen LogP contribution in [0.2, 0.25) is 0 Å². The Labute approximate surface area is 168 Å². The van der Waals surface area contributed by atoms with Crippen LogP contribution in [0.3, 0.4) is 0 Å². The second kappa shape index (κ2) is 8.06. The number of carbonyl (C=O) groups is 2. The van der Waals surface area contributed by atoms with Gasteiger partial charge in [0.15, 0.2) is 6.61 Å². The first kappa shape index (κ1) is 19.9. The quantitative estimate of drug-likeness (QED) is 0.623. The minimum atomic E-state index is -0.495. The molecule has 3 aromatic rings. The molecular formula is C21H24N2O4S. The molecule has 0 saturated carbocycles. The first-order valence-corrected chi connectivity index (χ1v) is 9.86. The summed E-state index contributed by atoms with van der Waals surface area (Å²) in [6, 6.07) is 7.26. The monoisotopic (exact) mass is 400 g/mol. The third kappa shape index (κ3) is 3.89. The van der Waals surface area contributed by atoms with Crippen LogP contribution in [-0.2, 0) is 9.53 Å². The number of thiophene rings is 1. The molecule has 0 aromatic carbocycles. The van der Waals surface area contributed by atoms with Crippen molar-refractivity contribution in [3.8, 4) is 5.00 Å². The van der Waals surface area contributed by atoms with Gasteiger partial charge in [0.1, 0.15) is 10.8 Å². The molecule has 0 aliphatic heterocycles. The Morgan fingerprint density at radius 3 is 2.46 bits per heavy atom. The van der Waals surface area contributed by atoms with E-state index in [0.29, 0.717) is 11.3 Å².